The third kappa shape index (κ3) is 4.48. The van der Waals surface area contributed by atoms with Gasteiger partial charge in [0, 0.05) is 31.0 Å². The minimum atomic E-state index is -0.897. The van der Waals surface area contributed by atoms with E-state index in [9.17, 15) is 9.59 Å². The molecule has 1 amide bonds. The lowest BCUT2D eigenvalue weighted by Crippen LogP contribution is -2.47. The Balaban J connectivity index is 2.03. The standard InChI is InChI=1S/C16H19N3O3/c1-2-4-15(20)18-12-5-3-8-19(11-12)14-6-7-17-13(9-14)10-16(21)22/h6-7,9,12H,3,5,8,10-11H2,1H3,(H,18,20)(H,21,22)/t12-/m1/s1. The van der Waals surface area contributed by atoms with Crippen molar-refractivity contribution < 1.29 is 14.7 Å². The summed E-state index contributed by atoms with van der Waals surface area (Å²) in [6, 6.07) is 3.71. The molecule has 0 unspecified atom stereocenters. The zero-order valence-corrected chi connectivity index (χ0v) is 12.5. The highest BCUT2D eigenvalue weighted by atomic mass is 16.4. The van der Waals surface area contributed by atoms with Gasteiger partial charge in [0.05, 0.1) is 12.1 Å². The lowest BCUT2D eigenvalue weighted by Gasteiger charge is -2.34. The Morgan fingerprint density at radius 2 is 2.36 bits per heavy atom. The maximum absolute atomic E-state index is 11.6. The molecule has 0 spiro atoms. The molecule has 0 radical (unpaired) electrons. The van der Waals surface area contributed by atoms with Crippen LogP contribution in [0.4, 0.5) is 5.69 Å². The van der Waals surface area contributed by atoms with Crippen LogP contribution < -0.4 is 10.2 Å². The Morgan fingerprint density at radius 1 is 1.55 bits per heavy atom. The molecule has 0 aromatic carbocycles. The van der Waals surface area contributed by atoms with Crippen LogP contribution in [0.3, 0.4) is 0 Å². The number of carboxylic acid groups (broad SMARTS) is 1. The molecule has 6 nitrogen and oxygen atoms in total. The first-order valence-electron chi connectivity index (χ1n) is 7.23. The topological polar surface area (TPSA) is 82.5 Å². The predicted molar refractivity (Wildman–Crippen MR) is 82.4 cm³/mol. The number of nitrogens with one attached hydrogen (secondary N) is 1. The molecule has 2 N–H and O–H groups in total. The summed E-state index contributed by atoms with van der Waals surface area (Å²) in [5.41, 5.74) is 1.47. The smallest absolute Gasteiger partial charge is 0.309 e. The van der Waals surface area contributed by atoms with E-state index in [2.05, 4.69) is 27.0 Å². The largest absolute Gasteiger partial charge is 0.481 e. The molecular formula is C16H19N3O3. The summed E-state index contributed by atoms with van der Waals surface area (Å²) >= 11 is 0. The summed E-state index contributed by atoms with van der Waals surface area (Å²) in [4.78, 5) is 28.5. The molecule has 0 bridgehead atoms. The molecule has 22 heavy (non-hydrogen) atoms. The van der Waals surface area contributed by atoms with E-state index < -0.39 is 5.97 Å². The van der Waals surface area contributed by atoms with Crippen molar-refractivity contribution in [2.45, 2.75) is 32.2 Å². The molecule has 2 heterocycles. The second-order valence-corrected chi connectivity index (χ2v) is 5.21. The van der Waals surface area contributed by atoms with Gasteiger partial charge in [-0.25, -0.2) is 0 Å². The van der Waals surface area contributed by atoms with Crippen LogP contribution in [0.5, 0.6) is 0 Å². The molecule has 1 aromatic rings. The zero-order chi connectivity index (χ0) is 15.9. The van der Waals surface area contributed by atoms with Gasteiger partial charge in [-0.05, 0) is 37.8 Å². The average Bonchev–Trinajstić information content (AvgIpc) is 2.47. The molecule has 0 aliphatic carbocycles. The van der Waals surface area contributed by atoms with Crippen LogP contribution in [-0.2, 0) is 16.0 Å². The first-order valence-corrected chi connectivity index (χ1v) is 7.23. The fourth-order valence-electron chi connectivity index (χ4n) is 2.58. The number of hydrogen-bond donors (Lipinski definition) is 2. The van der Waals surface area contributed by atoms with Crippen molar-refractivity contribution in [3.63, 3.8) is 0 Å². The van der Waals surface area contributed by atoms with E-state index in [0.717, 1.165) is 25.1 Å². The number of pyridine rings is 1. The minimum Gasteiger partial charge on any atom is -0.481 e. The van der Waals surface area contributed by atoms with Gasteiger partial charge < -0.3 is 15.3 Å². The van der Waals surface area contributed by atoms with Crippen LogP contribution in [0.1, 0.15) is 25.5 Å². The SMILES string of the molecule is CC#CC(=O)N[C@@H]1CCCN(c2ccnc(CC(=O)O)c2)C1. The lowest BCUT2D eigenvalue weighted by atomic mass is 10.0. The Kier molecular flexibility index (Phi) is 5.37. The van der Waals surface area contributed by atoms with Crippen molar-refractivity contribution in [2.24, 2.45) is 0 Å². The summed E-state index contributed by atoms with van der Waals surface area (Å²) in [5.74, 6) is 3.92. The fraction of sp³-hybridized carbons (Fsp3) is 0.438. The highest BCUT2D eigenvalue weighted by Crippen LogP contribution is 2.20. The van der Waals surface area contributed by atoms with Crippen molar-refractivity contribution in [3.05, 3.63) is 24.0 Å². The number of carbonyl (C=O) groups is 2. The molecule has 1 saturated heterocycles. The van der Waals surface area contributed by atoms with E-state index in [-0.39, 0.29) is 18.4 Å². The summed E-state index contributed by atoms with van der Waals surface area (Å²) in [6.45, 7) is 3.20. The van der Waals surface area contributed by atoms with Gasteiger partial charge in [0.2, 0.25) is 0 Å². The number of hydrogen-bond acceptors (Lipinski definition) is 4. The number of carboxylic acids is 1. The average molecular weight is 301 g/mol. The summed E-state index contributed by atoms with van der Waals surface area (Å²) in [7, 11) is 0. The first-order chi connectivity index (χ1) is 10.6. The van der Waals surface area contributed by atoms with Gasteiger partial charge in [-0.3, -0.25) is 14.6 Å². The van der Waals surface area contributed by atoms with E-state index in [4.69, 9.17) is 5.11 Å². The number of piperidine rings is 1. The maximum Gasteiger partial charge on any atom is 0.309 e. The number of nitrogens with zero attached hydrogens (tertiary/aromatic N) is 2. The summed E-state index contributed by atoms with van der Waals surface area (Å²) < 4.78 is 0. The van der Waals surface area contributed by atoms with Gasteiger partial charge in [0.25, 0.3) is 5.91 Å². The number of rotatable bonds is 4. The van der Waals surface area contributed by atoms with Crippen molar-refractivity contribution in [1.82, 2.24) is 10.3 Å². The first kappa shape index (κ1) is 15.8. The second kappa shape index (κ2) is 7.46. The van der Waals surface area contributed by atoms with Crippen molar-refractivity contribution in [1.29, 1.82) is 0 Å². The van der Waals surface area contributed by atoms with Crippen molar-refractivity contribution in [3.8, 4) is 11.8 Å². The molecule has 1 fully saturated rings. The zero-order valence-electron chi connectivity index (χ0n) is 12.5. The molecule has 1 atom stereocenters. The normalized spacial score (nSPS) is 17.3. The van der Waals surface area contributed by atoms with Crippen molar-refractivity contribution in [2.75, 3.05) is 18.0 Å². The van der Waals surface area contributed by atoms with Crippen LogP contribution in [0.25, 0.3) is 0 Å². The minimum absolute atomic E-state index is 0.0539. The molecule has 1 aliphatic rings. The lowest BCUT2D eigenvalue weighted by molar-refractivity contribution is -0.136. The number of carbonyl (C=O) groups excluding carboxylic acids is 1. The van der Waals surface area contributed by atoms with Gasteiger partial charge in [-0.2, -0.15) is 0 Å². The van der Waals surface area contributed by atoms with Gasteiger partial charge in [-0.1, -0.05) is 5.92 Å². The second-order valence-electron chi connectivity index (χ2n) is 5.21. The van der Waals surface area contributed by atoms with E-state index in [1.165, 1.54) is 0 Å². The van der Waals surface area contributed by atoms with E-state index in [1.54, 1.807) is 19.2 Å². The molecule has 1 aliphatic heterocycles. The number of aromatic nitrogens is 1. The third-order valence-corrected chi connectivity index (χ3v) is 3.49. The number of anilines is 1. The van der Waals surface area contributed by atoms with Crippen LogP contribution in [0.15, 0.2) is 18.3 Å². The maximum atomic E-state index is 11.6. The molecule has 2 rings (SSSR count). The van der Waals surface area contributed by atoms with Gasteiger partial charge in [-0.15, -0.1) is 0 Å². The molecular weight excluding hydrogens is 282 g/mol. The Morgan fingerprint density at radius 3 is 3.09 bits per heavy atom. The number of aliphatic carboxylic acids is 1. The highest BCUT2D eigenvalue weighted by Gasteiger charge is 2.21. The van der Waals surface area contributed by atoms with E-state index in [1.807, 2.05) is 6.07 Å². The fourth-order valence-corrected chi connectivity index (χ4v) is 2.58. The number of amides is 1. The quantitative estimate of drug-likeness (QED) is 0.805. The highest BCUT2D eigenvalue weighted by molar-refractivity contribution is 5.93. The molecule has 6 heteroatoms. The molecule has 116 valence electrons. The molecule has 1 aromatic heterocycles. The monoisotopic (exact) mass is 301 g/mol. The Labute approximate surface area is 129 Å². The van der Waals surface area contributed by atoms with Crippen LogP contribution in [0, 0.1) is 11.8 Å². The van der Waals surface area contributed by atoms with E-state index in [0.29, 0.717) is 12.2 Å². The van der Waals surface area contributed by atoms with Crippen LogP contribution >= 0.6 is 0 Å². The van der Waals surface area contributed by atoms with Crippen LogP contribution in [-0.4, -0.2) is 41.1 Å². The predicted octanol–water partition coefficient (Wildman–Crippen LogP) is 0.817. The Hall–Kier alpha value is -2.55. The third-order valence-electron chi connectivity index (χ3n) is 3.49. The van der Waals surface area contributed by atoms with Gasteiger partial charge in [0.1, 0.15) is 0 Å². The van der Waals surface area contributed by atoms with Crippen molar-refractivity contribution >= 4 is 17.6 Å². The summed E-state index contributed by atoms with van der Waals surface area (Å²) in [6.07, 6.45) is 3.41. The Bertz CT molecular complexity index is 619. The molecule has 0 saturated carbocycles. The van der Waals surface area contributed by atoms with Crippen LogP contribution in [0.2, 0.25) is 0 Å². The van der Waals surface area contributed by atoms with Gasteiger partial charge >= 0.3 is 5.97 Å². The van der Waals surface area contributed by atoms with E-state index >= 15 is 0 Å². The summed E-state index contributed by atoms with van der Waals surface area (Å²) in [5, 5.41) is 11.7. The van der Waals surface area contributed by atoms with Gasteiger partial charge in [0.15, 0.2) is 0 Å².